The minimum atomic E-state index is -0.287. The molecule has 0 unspecified atom stereocenters. The van der Waals surface area contributed by atoms with Crippen LogP contribution in [0.4, 0.5) is 0 Å². The van der Waals surface area contributed by atoms with Crippen LogP contribution in [-0.4, -0.2) is 38.1 Å². The van der Waals surface area contributed by atoms with Crippen molar-refractivity contribution in [3.63, 3.8) is 0 Å². The maximum absolute atomic E-state index is 11.4. The van der Waals surface area contributed by atoms with E-state index in [1.807, 2.05) is 37.2 Å². The number of ether oxygens (including phenoxy) is 1. The van der Waals surface area contributed by atoms with E-state index in [4.69, 9.17) is 4.74 Å². The fourth-order valence-corrected chi connectivity index (χ4v) is 2.39. The van der Waals surface area contributed by atoms with Crippen molar-refractivity contribution in [2.45, 2.75) is 71.1 Å². The topological polar surface area (TPSA) is 29.5 Å². The van der Waals surface area contributed by atoms with E-state index in [0.29, 0.717) is 6.61 Å². The van der Waals surface area contributed by atoms with Crippen LogP contribution in [0.25, 0.3) is 0 Å². The van der Waals surface area contributed by atoms with Crippen molar-refractivity contribution < 1.29 is 9.53 Å². The van der Waals surface area contributed by atoms with E-state index in [2.05, 4.69) is 13.0 Å². The van der Waals surface area contributed by atoms with Gasteiger partial charge in [-0.15, -0.1) is 12.4 Å². The Hall–Kier alpha value is -1.06. The largest absolute Gasteiger partial charge is 0.461 e. The summed E-state index contributed by atoms with van der Waals surface area (Å²) in [7, 11) is 3.90. The molecule has 0 amide bonds. The van der Waals surface area contributed by atoms with Gasteiger partial charge < -0.3 is 9.64 Å². The Labute approximate surface area is 168 Å². The van der Waals surface area contributed by atoms with Crippen molar-refractivity contribution in [2.75, 3.05) is 27.2 Å². The molecule has 3 nitrogen and oxygen atoms in total. The molecule has 0 aromatic rings. The number of rotatable bonds is 16. The summed E-state index contributed by atoms with van der Waals surface area (Å²) in [5.41, 5.74) is 0. The number of nitrogens with zero attached hydrogens (tertiary/aromatic N) is 1. The molecule has 0 heterocycles. The molecule has 0 aromatic carbocycles. The van der Waals surface area contributed by atoms with Crippen LogP contribution in [0.1, 0.15) is 71.1 Å². The molecule has 0 aliphatic carbocycles. The Morgan fingerprint density at radius 1 is 0.846 bits per heavy atom. The Morgan fingerprint density at radius 3 is 2.04 bits per heavy atom. The second kappa shape index (κ2) is 22.0. The molecule has 26 heavy (non-hydrogen) atoms. The van der Waals surface area contributed by atoms with Crippen molar-refractivity contribution >= 4 is 18.4 Å². The summed E-state index contributed by atoms with van der Waals surface area (Å²) in [5.74, 6) is -0.287. The van der Waals surface area contributed by atoms with E-state index in [1.165, 1.54) is 63.9 Å². The van der Waals surface area contributed by atoms with Crippen LogP contribution < -0.4 is 0 Å². The molecular formula is C22H40ClNO2. The van der Waals surface area contributed by atoms with Crippen molar-refractivity contribution in [3.8, 4) is 0 Å². The summed E-state index contributed by atoms with van der Waals surface area (Å²) in [5, 5.41) is 0. The van der Waals surface area contributed by atoms with Gasteiger partial charge in [0.25, 0.3) is 0 Å². The average Bonchev–Trinajstić information content (AvgIpc) is 2.58. The van der Waals surface area contributed by atoms with Crippen LogP contribution in [-0.2, 0) is 9.53 Å². The van der Waals surface area contributed by atoms with Gasteiger partial charge in [0.1, 0.15) is 6.61 Å². The number of hydrogen-bond acceptors (Lipinski definition) is 3. The minimum absolute atomic E-state index is 0. The smallest absolute Gasteiger partial charge is 0.330 e. The predicted molar refractivity (Wildman–Crippen MR) is 116 cm³/mol. The third-order valence-corrected chi connectivity index (χ3v) is 3.96. The molecule has 0 aliphatic rings. The minimum Gasteiger partial charge on any atom is -0.461 e. The van der Waals surface area contributed by atoms with Crippen molar-refractivity contribution in [1.82, 2.24) is 4.90 Å². The number of hydrogen-bond donors (Lipinski definition) is 0. The number of likely N-dealkylation sites (N-methyl/N-ethyl adjacent to an activating group) is 1. The Kier molecular flexibility index (Phi) is 23.0. The van der Waals surface area contributed by atoms with Gasteiger partial charge in [0.2, 0.25) is 0 Å². The summed E-state index contributed by atoms with van der Waals surface area (Å²) >= 11 is 0. The number of allylic oxidation sites excluding steroid dienone is 5. The third kappa shape index (κ3) is 22.9. The SMILES string of the molecule is CCCCCCCCCCCC=CC=CC=CC(=O)OCCN(C)C.Cl. The van der Waals surface area contributed by atoms with Crippen LogP contribution in [0, 0.1) is 0 Å². The molecule has 0 atom stereocenters. The zero-order valence-electron chi connectivity index (χ0n) is 17.1. The summed E-state index contributed by atoms with van der Waals surface area (Å²) in [6.45, 7) is 3.44. The number of unbranched alkanes of at least 4 members (excludes halogenated alkanes) is 9. The first-order valence-corrected chi connectivity index (χ1v) is 9.98. The molecule has 0 fully saturated rings. The van der Waals surface area contributed by atoms with Crippen molar-refractivity contribution in [3.05, 3.63) is 36.5 Å². The normalized spacial score (nSPS) is 11.7. The van der Waals surface area contributed by atoms with Gasteiger partial charge in [-0.1, -0.05) is 88.7 Å². The zero-order valence-corrected chi connectivity index (χ0v) is 17.9. The number of carbonyl (C=O) groups excluding carboxylic acids is 1. The summed E-state index contributed by atoms with van der Waals surface area (Å²) < 4.78 is 5.05. The zero-order chi connectivity index (χ0) is 18.6. The van der Waals surface area contributed by atoms with Gasteiger partial charge in [-0.2, -0.15) is 0 Å². The highest BCUT2D eigenvalue weighted by Gasteiger charge is 1.96. The maximum atomic E-state index is 11.4. The lowest BCUT2D eigenvalue weighted by Crippen LogP contribution is -2.19. The predicted octanol–water partition coefficient (Wildman–Crippen LogP) is 6.10. The highest BCUT2D eigenvalue weighted by atomic mass is 35.5. The summed E-state index contributed by atoms with van der Waals surface area (Å²) in [4.78, 5) is 13.4. The van der Waals surface area contributed by atoms with E-state index in [1.54, 1.807) is 6.08 Å². The van der Waals surface area contributed by atoms with E-state index >= 15 is 0 Å². The average molecular weight is 386 g/mol. The fraction of sp³-hybridized carbons (Fsp3) is 0.682. The molecule has 0 bridgehead atoms. The van der Waals surface area contributed by atoms with Gasteiger partial charge >= 0.3 is 5.97 Å². The van der Waals surface area contributed by atoms with E-state index in [0.717, 1.165) is 13.0 Å². The summed E-state index contributed by atoms with van der Waals surface area (Å²) in [6, 6.07) is 0. The van der Waals surface area contributed by atoms with E-state index in [-0.39, 0.29) is 18.4 Å². The molecule has 0 aromatic heterocycles. The number of halogens is 1. The summed E-state index contributed by atoms with van der Waals surface area (Å²) in [6.07, 6.45) is 24.7. The number of carbonyl (C=O) groups is 1. The number of esters is 1. The van der Waals surface area contributed by atoms with Gasteiger partial charge in [0.15, 0.2) is 0 Å². The molecule has 0 rings (SSSR count). The van der Waals surface area contributed by atoms with Crippen LogP contribution in [0.5, 0.6) is 0 Å². The molecule has 0 aliphatic heterocycles. The molecule has 0 N–H and O–H groups in total. The van der Waals surface area contributed by atoms with Crippen LogP contribution in [0.15, 0.2) is 36.5 Å². The van der Waals surface area contributed by atoms with Crippen LogP contribution in [0.2, 0.25) is 0 Å². The lowest BCUT2D eigenvalue weighted by atomic mass is 10.1. The monoisotopic (exact) mass is 385 g/mol. The quantitative estimate of drug-likeness (QED) is 0.139. The fourth-order valence-electron chi connectivity index (χ4n) is 2.39. The van der Waals surface area contributed by atoms with Crippen molar-refractivity contribution in [2.24, 2.45) is 0 Å². The van der Waals surface area contributed by atoms with Gasteiger partial charge in [0.05, 0.1) is 0 Å². The van der Waals surface area contributed by atoms with Crippen LogP contribution >= 0.6 is 12.4 Å². The van der Waals surface area contributed by atoms with Crippen LogP contribution in [0.3, 0.4) is 0 Å². The Bertz CT molecular complexity index is 390. The molecule has 0 saturated carbocycles. The van der Waals surface area contributed by atoms with E-state index < -0.39 is 0 Å². The second-order valence-electron chi connectivity index (χ2n) is 6.76. The second-order valence-corrected chi connectivity index (χ2v) is 6.76. The first kappa shape index (κ1) is 27.2. The molecular weight excluding hydrogens is 346 g/mol. The lowest BCUT2D eigenvalue weighted by Gasteiger charge is -2.08. The first-order chi connectivity index (χ1) is 12.2. The molecule has 0 radical (unpaired) electrons. The van der Waals surface area contributed by atoms with Gasteiger partial charge in [0, 0.05) is 12.6 Å². The van der Waals surface area contributed by atoms with Gasteiger partial charge in [-0.3, -0.25) is 0 Å². The lowest BCUT2D eigenvalue weighted by molar-refractivity contribution is -0.138. The highest BCUT2D eigenvalue weighted by Crippen LogP contribution is 2.10. The van der Waals surface area contributed by atoms with Crippen molar-refractivity contribution in [1.29, 1.82) is 0 Å². The Balaban J connectivity index is 0. The first-order valence-electron chi connectivity index (χ1n) is 9.98. The molecule has 0 spiro atoms. The van der Waals surface area contributed by atoms with E-state index in [9.17, 15) is 4.79 Å². The van der Waals surface area contributed by atoms with Gasteiger partial charge in [-0.25, -0.2) is 4.79 Å². The highest BCUT2D eigenvalue weighted by molar-refractivity contribution is 5.85. The molecule has 4 heteroatoms. The molecule has 152 valence electrons. The standard InChI is InChI=1S/C22H39NO2.ClH/c1-4-5-6-7-8-9-10-11-12-13-14-15-16-17-18-19-22(24)25-21-20-23(2)3;/h14-19H,4-13,20-21H2,1-3H3;1H. The Morgan fingerprint density at radius 2 is 1.42 bits per heavy atom. The molecule has 0 saturated heterocycles. The maximum Gasteiger partial charge on any atom is 0.330 e. The van der Waals surface area contributed by atoms with Gasteiger partial charge in [-0.05, 0) is 26.9 Å². The third-order valence-electron chi connectivity index (χ3n) is 3.96.